The lowest BCUT2D eigenvalue weighted by Crippen LogP contribution is -2.09. The summed E-state index contributed by atoms with van der Waals surface area (Å²) in [4.78, 5) is 0. The van der Waals surface area contributed by atoms with Gasteiger partial charge in [0.05, 0.1) is 50.0 Å². The molecule has 0 bridgehead atoms. The van der Waals surface area contributed by atoms with Crippen LogP contribution in [0.5, 0.6) is 0 Å². The van der Waals surface area contributed by atoms with Crippen molar-refractivity contribution in [1.82, 2.24) is 18.3 Å². The van der Waals surface area contributed by atoms with E-state index in [-0.39, 0.29) is 5.56 Å². The lowest BCUT2D eigenvalue weighted by molar-refractivity contribution is -0.137. The van der Waals surface area contributed by atoms with E-state index < -0.39 is 11.7 Å². The molecule has 4 aromatic heterocycles. The summed E-state index contributed by atoms with van der Waals surface area (Å²) >= 11 is 0. The molecule has 0 aliphatic heterocycles. The summed E-state index contributed by atoms with van der Waals surface area (Å²) in [5, 5.41) is 19.8. The molecule has 0 radical (unpaired) electrons. The van der Waals surface area contributed by atoms with E-state index >= 15 is 13.2 Å². The molecule has 0 aliphatic carbocycles. The second-order valence-corrected chi connectivity index (χ2v) is 15.6. The molecular weight excluding hydrogens is 752 g/mol. The standard InChI is InChI=1S/C52H32F3N5/c1-57-42-19-9-4-14-32(42)36-23-25-38-34-16-6-11-21-44(34)59(50(38)48(36)57)46-27-30(31-13-3-8-18-41(31)52(53,54)55)28-47(40(46)29-56)60-45-22-12-7-17-35(45)39-26-24-37-33-15-5-10-20-43(33)58(2)49(37)51(39)60/h3-28H,1-2H3. The number of fused-ring (bicyclic) bond motifs is 14. The van der Waals surface area contributed by atoms with Crippen LogP contribution in [-0.2, 0) is 20.3 Å². The summed E-state index contributed by atoms with van der Waals surface area (Å²) in [6, 6.07) is 53.1. The van der Waals surface area contributed by atoms with Crippen LogP contribution < -0.4 is 0 Å². The normalized spacial score (nSPS) is 12.4. The van der Waals surface area contributed by atoms with Crippen LogP contribution in [0.3, 0.4) is 0 Å². The van der Waals surface area contributed by atoms with Crippen molar-refractivity contribution in [3.8, 4) is 28.6 Å². The highest BCUT2D eigenvalue weighted by molar-refractivity contribution is 6.25. The van der Waals surface area contributed by atoms with Gasteiger partial charge >= 0.3 is 6.18 Å². The fourth-order valence-corrected chi connectivity index (χ4v) is 10.1. The summed E-state index contributed by atoms with van der Waals surface area (Å²) in [7, 11) is 4.10. The first-order valence-corrected chi connectivity index (χ1v) is 19.8. The second kappa shape index (κ2) is 12.1. The first kappa shape index (κ1) is 34.3. The summed E-state index contributed by atoms with van der Waals surface area (Å²) in [5.74, 6) is 0. The maximum absolute atomic E-state index is 15.0. The molecule has 286 valence electrons. The van der Waals surface area contributed by atoms with Gasteiger partial charge in [-0.15, -0.1) is 0 Å². The van der Waals surface area contributed by atoms with Crippen LogP contribution in [0.25, 0.3) is 110 Å². The van der Waals surface area contributed by atoms with E-state index in [0.717, 1.165) is 93.3 Å². The van der Waals surface area contributed by atoms with Gasteiger partial charge < -0.3 is 18.3 Å². The van der Waals surface area contributed by atoms with E-state index in [1.807, 2.05) is 74.8 Å². The molecule has 60 heavy (non-hydrogen) atoms. The Morgan fingerprint density at radius 2 is 0.800 bits per heavy atom. The topological polar surface area (TPSA) is 43.5 Å². The molecule has 4 heterocycles. The van der Waals surface area contributed by atoms with Gasteiger partial charge in [-0.1, -0.05) is 115 Å². The average Bonchev–Trinajstić information content (AvgIpc) is 3.98. The third-order valence-electron chi connectivity index (χ3n) is 12.6. The number of aromatic nitrogens is 4. The predicted molar refractivity (Wildman–Crippen MR) is 238 cm³/mol. The van der Waals surface area contributed by atoms with Gasteiger partial charge in [0.15, 0.2) is 0 Å². The van der Waals surface area contributed by atoms with E-state index in [2.05, 4.69) is 85.0 Å². The van der Waals surface area contributed by atoms with Crippen molar-refractivity contribution in [2.45, 2.75) is 6.18 Å². The molecule has 8 heteroatoms. The number of nitrogens with zero attached hydrogens (tertiary/aromatic N) is 5. The fraction of sp³-hybridized carbons (Fsp3) is 0.0577. The molecule has 0 saturated carbocycles. The molecule has 12 rings (SSSR count). The van der Waals surface area contributed by atoms with E-state index in [4.69, 9.17) is 0 Å². The maximum atomic E-state index is 15.0. The number of para-hydroxylation sites is 4. The van der Waals surface area contributed by atoms with Crippen LogP contribution in [0.1, 0.15) is 11.1 Å². The zero-order valence-corrected chi connectivity index (χ0v) is 32.4. The number of hydrogen-bond donors (Lipinski definition) is 0. The summed E-state index contributed by atoms with van der Waals surface area (Å²) < 4.78 is 53.7. The van der Waals surface area contributed by atoms with Gasteiger partial charge in [0.1, 0.15) is 11.6 Å². The van der Waals surface area contributed by atoms with Crippen molar-refractivity contribution in [2.75, 3.05) is 0 Å². The summed E-state index contributed by atoms with van der Waals surface area (Å²) in [5.41, 5.74) is 8.38. The van der Waals surface area contributed by atoms with Gasteiger partial charge in [0.2, 0.25) is 0 Å². The molecule has 0 aliphatic rings. The van der Waals surface area contributed by atoms with Crippen LogP contribution in [0.2, 0.25) is 0 Å². The van der Waals surface area contributed by atoms with Crippen LogP contribution in [0.4, 0.5) is 13.2 Å². The molecule has 0 saturated heterocycles. The van der Waals surface area contributed by atoms with Crippen molar-refractivity contribution in [2.24, 2.45) is 14.1 Å². The Balaban J connectivity index is 1.32. The number of alkyl halides is 3. The van der Waals surface area contributed by atoms with Crippen LogP contribution >= 0.6 is 0 Å². The summed E-state index contributed by atoms with van der Waals surface area (Å²) in [6.07, 6.45) is -4.63. The summed E-state index contributed by atoms with van der Waals surface area (Å²) in [6.45, 7) is 0. The molecule has 0 atom stereocenters. The zero-order valence-electron chi connectivity index (χ0n) is 32.4. The maximum Gasteiger partial charge on any atom is 0.417 e. The molecule has 0 unspecified atom stereocenters. The smallest absolute Gasteiger partial charge is 0.342 e. The van der Waals surface area contributed by atoms with Crippen LogP contribution in [-0.4, -0.2) is 18.3 Å². The highest BCUT2D eigenvalue weighted by Crippen LogP contribution is 2.46. The number of nitriles is 1. The average molecular weight is 784 g/mol. The molecular formula is C52H32F3N5. The third kappa shape index (κ3) is 4.46. The number of aryl methyl sites for hydroxylation is 2. The molecule has 0 spiro atoms. The number of rotatable bonds is 3. The van der Waals surface area contributed by atoms with Crippen molar-refractivity contribution in [3.05, 3.63) is 169 Å². The minimum Gasteiger partial charge on any atom is -0.342 e. The Hall–Kier alpha value is -7.76. The van der Waals surface area contributed by atoms with Gasteiger partial charge in [-0.25, -0.2) is 0 Å². The number of benzene rings is 8. The van der Waals surface area contributed by atoms with Crippen molar-refractivity contribution < 1.29 is 13.2 Å². The SMILES string of the molecule is Cn1c2ccccc2c2ccc3c4ccccc4n(-c4cc(-c5ccccc5C(F)(F)F)cc(-n5c6ccccc6c6ccc7c8ccccc8n(C)c7c65)c4C#N)c3c21. The first-order valence-electron chi connectivity index (χ1n) is 19.8. The van der Waals surface area contributed by atoms with Crippen LogP contribution in [0, 0.1) is 11.3 Å². The fourth-order valence-electron chi connectivity index (χ4n) is 10.1. The molecule has 8 aromatic carbocycles. The third-order valence-corrected chi connectivity index (χ3v) is 12.6. The Labute approximate surface area is 340 Å². The highest BCUT2D eigenvalue weighted by Gasteiger charge is 2.34. The van der Waals surface area contributed by atoms with Gasteiger partial charge in [-0.05, 0) is 53.6 Å². The van der Waals surface area contributed by atoms with Gasteiger partial charge in [0.25, 0.3) is 0 Å². The quantitative estimate of drug-likeness (QED) is 0.176. The van der Waals surface area contributed by atoms with E-state index in [1.165, 1.54) is 12.1 Å². The molecule has 0 fully saturated rings. The number of halogens is 3. The molecule has 0 N–H and O–H groups in total. The predicted octanol–water partition coefficient (Wildman–Crippen LogP) is 13.7. The van der Waals surface area contributed by atoms with Crippen molar-refractivity contribution in [3.63, 3.8) is 0 Å². The van der Waals surface area contributed by atoms with E-state index in [0.29, 0.717) is 22.5 Å². The minimum absolute atomic E-state index is 0.0306. The van der Waals surface area contributed by atoms with Crippen molar-refractivity contribution >= 4 is 87.2 Å². The highest BCUT2D eigenvalue weighted by atomic mass is 19.4. The zero-order chi connectivity index (χ0) is 40.6. The Morgan fingerprint density at radius 1 is 0.433 bits per heavy atom. The Morgan fingerprint density at radius 3 is 1.23 bits per heavy atom. The first-order chi connectivity index (χ1) is 29.2. The van der Waals surface area contributed by atoms with Gasteiger partial charge in [-0.2, -0.15) is 18.4 Å². The Bertz CT molecular complexity index is 3650. The second-order valence-electron chi connectivity index (χ2n) is 15.6. The molecule has 5 nitrogen and oxygen atoms in total. The minimum atomic E-state index is -4.63. The van der Waals surface area contributed by atoms with Gasteiger partial charge in [-0.3, -0.25) is 0 Å². The van der Waals surface area contributed by atoms with E-state index in [9.17, 15) is 5.26 Å². The van der Waals surface area contributed by atoms with Crippen molar-refractivity contribution in [1.29, 1.82) is 5.26 Å². The lowest BCUT2D eigenvalue weighted by atomic mass is 9.96. The van der Waals surface area contributed by atoms with Gasteiger partial charge in [0, 0.05) is 68.2 Å². The van der Waals surface area contributed by atoms with Crippen LogP contribution in [0.15, 0.2) is 158 Å². The lowest BCUT2D eigenvalue weighted by Gasteiger charge is -2.20. The largest absolute Gasteiger partial charge is 0.417 e. The van der Waals surface area contributed by atoms with E-state index in [1.54, 1.807) is 18.2 Å². The molecule has 0 amide bonds. The number of hydrogen-bond acceptors (Lipinski definition) is 1. The molecule has 12 aromatic rings. The Kier molecular flexibility index (Phi) is 6.94. The monoisotopic (exact) mass is 783 g/mol.